The van der Waals surface area contributed by atoms with Gasteiger partial charge in [-0.1, -0.05) is 12.1 Å². The summed E-state index contributed by atoms with van der Waals surface area (Å²) in [5.41, 5.74) is 0.849. The van der Waals surface area contributed by atoms with E-state index in [2.05, 4.69) is 17.6 Å². The fourth-order valence-electron chi connectivity index (χ4n) is 4.63. The van der Waals surface area contributed by atoms with E-state index in [1.165, 1.54) is 12.5 Å². The first kappa shape index (κ1) is 21.8. The van der Waals surface area contributed by atoms with Crippen LogP contribution in [-0.4, -0.2) is 50.5 Å². The first-order chi connectivity index (χ1) is 13.2. The molecule has 3 atom stereocenters. The van der Waals surface area contributed by atoms with Crippen molar-refractivity contribution >= 4 is 29.9 Å². The number of hydrogen-bond acceptors (Lipinski definition) is 3. The summed E-state index contributed by atoms with van der Waals surface area (Å²) >= 11 is 0. The summed E-state index contributed by atoms with van der Waals surface area (Å²) in [6.45, 7) is 4.89. The number of guanidine groups is 1. The highest BCUT2D eigenvalue weighted by Gasteiger charge is 2.41. The Labute approximate surface area is 183 Å². The number of fused-ring (bicyclic) bond motifs is 2. The van der Waals surface area contributed by atoms with Gasteiger partial charge in [0.15, 0.2) is 5.96 Å². The second-order valence-corrected chi connectivity index (χ2v) is 7.96. The van der Waals surface area contributed by atoms with Crippen LogP contribution in [-0.2, 0) is 14.9 Å². The van der Waals surface area contributed by atoms with Gasteiger partial charge in [-0.3, -0.25) is 4.99 Å². The molecule has 0 aliphatic carbocycles. The minimum Gasteiger partial charge on any atom is -0.381 e. The lowest BCUT2D eigenvalue weighted by atomic mass is 9.74. The van der Waals surface area contributed by atoms with Crippen LogP contribution in [0.1, 0.15) is 44.6 Å². The van der Waals surface area contributed by atoms with Crippen molar-refractivity contribution in [1.29, 1.82) is 0 Å². The highest BCUT2D eigenvalue weighted by atomic mass is 127. The molecule has 0 amide bonds. The monoisotopic (exact) mass is 503 g/mol. The quantitative estimate of drug-likeness (QED) is 0.368. The van der Waals surface area contributed by atoms with E-state index in [1.54, 1.807) is 12.1 Å². The second kappa shape index (κ2) is 9.71. The summed E-state index contributed by atoms with van der Waals surface area (Å²) in [4.78, 5) is 4.92. The fourth-order valence-corrected chi connectivity index (χ4v) is 4.63. The van der Waals surface area contributed by atoms with Gasteiger partial charge in [0.1, 0.15) is 5.82 Å². The highest BCUT2D eigenvalue weighted by Crippen LogP contribution is 2.36. The zero-order valence-corrected chi connectivity index (χ0v) is 18.8. The molecule has 1 aromatic carbocycles. The topological polar surface area (TPSA) is 54.9 Å². The van der Waals surface area contributed by atoms with Gasteiger partial charge in [0, 0.05) is 25.2 Å². The van der Waals surface area contributed by atoms with Crippen molar-refractivity contribution < 1.29 is 13.9 Å². The molecule has 3 heterocycles. The fraction of sp³-hybridized carbons (Fsp3) is 0.667. The highest BCUT2D eigenvalue weighted by molar-refractivity contribution is 14.0. The summed E-state index contributed by atoms with van der Waals surface area (Å²) in [5.74, 6) is 0.646. The largest absolute Gasteiger partial charge is 0.381 e. The van der Waals surface area contributed by atoms with Gasteiger partial charge >= 0.3 is 0 Å². The molecular formula is C21H31FIN3O2. The van der Waals surface area contributed by atoms with E-state index < -0.39 is 0 Å². The Hall–Kier alpha value is -0.930. The molecular weight excluding hydrogens is 472 g/mol. The minimum absolute atomic E-state index is 0. The number of benzene rings is 1. The third kappa shape index (κ3) is 4.79. The van der Waals surface area contributed by atoms with Gasteiger partial charge in [-0.15, -0.1) is 24.0 Å². The lowest BCUT2D eigenvalue weighted by molar-refractivity contribution is 0.0530. The molecule has 0 spiro atoms. The van der Waals surface area contributed by atoms with Crippen LogP contribution in [0.4, 0.5) is 4.39 Å². The molecule has 5 nitrogen and oxygen atoms in total. The van der Waals surface area contributed by atoms with Gasteiger partial charge < -0.3 is 20.1 Å². The Balaban J connectivity index is 0.00000225. The van der Waals surface area contributed by atoms with Crippen LogP contribution >= 0.6 is 24.0 Å². The summed E-state index contributed by atoms with van der Waals surface area (Å²) in [7, 11) is 0. The van der Waals surface area contributed by atoms with Crippen molar-refractivity contribution in [3.63, 3.8) is 0 Å². The lowest BCUT2D eigenvalue weighted by Gasteiger charge is -2.37. The maximum atomic E-state index is 13.9. The van der Waals surface area contributed by atoms with E-state index in [-0.39, 0.29) is 35.2 Å². The van der Waals surface area contributed by atoms with E-state index >= 15 is 0 Å². The number of ether oxygens (including phenoxy) is 2. The van der Waals surface area contributed by atoms with E-state index in [1.807, 2.05) is 6.07 Å². The Bertz CT molecular complexity index is 681. The van der Waals surface area contributed by atoms with Crippen LogP contribution < -0.4 is 10.6 Å². The number of hydrogen-bond donors (Lipinski definition) is 2. The minimum atomic E-state index is -0.188. The molecule has 3 fully saturated rings. The lowest BCUT2D eigenvalue weighted by Crippen LogP contribution is -2.48. The smallest absolute Gasteiger partial charge is 0.191 e. The molecule has 7 heteroatoms. The average Bonchev–Trinajstić information content (AvgIpc) is 3.30. The zero-order chi connectivity index (χ0) is 18.7. The maximum absolute atomic E-state index is 13.9. The van der Waals surface area contributed by atoms with Crippen LogP contribution in [0.15, 0.2) is 29.3 Å². The SMILES string of the molecule is CCNC(=NCC1(c2cccc(F)c2)CCOCC1)NC1CC2CCC1O2.I. The van der Waals surface area contributed by atoms with Crippen LogP contribution in [0.3, 0.4) is 0 Å². The van der Waals surface area contributed by atoms with Crippen molar-refractivity contribution in [3.05, 3.63) is 35.6 Å². The second-order valence-electron chi connectivity index (χ2n) is 7.96. The molecule has 0 saturated carbocycles. The van der Waals surface area contributed by atoms with Crippen LogP contribution in [0.5, 0.6) is 0 Å². The summed E-state index contributed by atoms with van der Waals surface area (Å²) in [6.07, 6.45) is 5.79. The predicted octanol–water partition coefficient (Wildman–Crippen LogP) is 3.37. The molecule has 4 rings (SSSR count). The Morgan fingerprint density at radius 1 is 1.29 bits per heavy atom. The van der Waals surface area contributed by atoms with Crippen molar-refractivity contribution in [3.8, 4) is 0 Å². The zero-order valence-electron chi connectivity index (χ0n) is 16.5. The summed E-state index contributed by atoms with van der Waals surface area (Å²) in [6, 6.07) is 7.31. The number of nitrogens with one attached hydrogen (secondary N) is 2. The van der Waals surface area contributed by atoms with Crippen molar-refractivity contribution in [2.45, 2.75) is 62.7 Å². The van der Waals surface area contributed by atoms with Gasteiger partial charge in [-0.05, 0) is 56.7 Å². The molecule has 28 heavy (non-hydrogen) atoms. The van der Waals surface area contributed by atoms with Gasteiger partial charge in [0.2, 0.25) is 0 Å². The van der Waals surface area contributed by atoms with E-state index in [0.717, 1.165) is 43.8 Å². The first-order valence-electron chi connectivity index (χ1n) is 10.2. The van der Waals surface area contributed by atoms with Crippen LogP contribution in [0.25, 0.3) is 0 Å². The van der Waals surface area contributed by atoms with E-state index in [0.29, 0.717) is 38.0 Å². The van der Waals surface area contributed by atoms with Gasteiger partial charge in [-0.2, -0.15) is 0 Å². The molecule has 3 aliphatic rings. The van der Waals surface area contributed by atoms with Crippen LogP contribution in [0.2, 0.25) is 0 Å². The molecule has 3 aliphatic heterocycles. The molecule has 0 aromatic heterocycles. The molecule has 3 saturated heterocycles. The first-order valence-corrected chi connectivity index (χ1v) is 10.2. The third-order valence-corrected chi connectivity index (χ3v) is 6.20. The van der Waals surface area contributed by atoms with E-state index in [4.69, 9.17) is 14.5 Å². The van der Waals surface area contributed by atoms with Crippen molar-refractivity contribution in [2.24, 2.45) is 4.99 Å². The third-order valence-electron chi connectivity index (χ3n) is 6.20. The van der Waals surface area contributed by atoms with Crippen molar-refractivity contribution in [2.75, 3.05) is 26.3 Å². The normalized spacial score (nSPS) is 28.6. The summed E-state index contributed by atoms with van der Waals surface area (Å²) < 4.78 is 25.4. The van der Waals surface area contributed by atoms with Gasteiger partial charge in [0.05, 0.1) is 24.8 Å². The van der Waals surface area contributed by atoms with E-state index in [9.17, 15) is 4.39 Å². The Kier molecular flexibility index (Phi) is 7.55. The molecule has 1 aromatic rings. The number of nitrogens with zero attached hydrogens (tertiary/aromatic N) is 1. The Morgan fingerprint density at radius 3 is 2.75 bits per heavy atom. The van der Waals surface area contributed by atoms with Crippen LogP contribution in [0, 0.1) is 5.82 Å². The molecule has 3 unspecified atom stereocenters. The molecule has 2 bridgehead atoms. The maximum Gasteiger partial charge on any atom is 0.191 e. The predicted molar refractivity (Wildman–Crippen MR) is 119 cm³/mol. The molecule has 156 valence electrons. The van der Waals surface area contributed by atoms with Crippen molar-refractivity contribution in [1.82, 2.24) is 10.6 Å². The Morgan fingerprint density at radius 2 is 2.11 bits per heavy atom. The number of rotatable bonds is 5. The molecule has 2 N–H and O–H groups in total. The standard InChI is InChI=1S/C21H30FN3O2.HI/c1-2-23-20(25-18-13-17-6-7-19(18)27-17)24-14-21(8-10-26-11-9-21)15-4-3-5-16(22)12-15;/h3-5,12,17-19H,2,6-11,13-14H2,1H3,(H2,23,24,25);1H. The molecule has 0 radical (unpaired) electrons. The van der Waals surface area contributed by atoms with Gasteiger partial charge in [0.25, 0.3) is 0 Å². The average molecular weight is 503 g/mol. The number of aliphatic imine (C=N–C) groups is 1. The summed E-state index contributed by atoms with van der Waals surface area (Å²) in [5, 5.41) is 6.94. The number of halogens is 2. The van der Waals surface area contributed by atoms with Gasteiger partial charge in [-0.25, -0.2) is 4.39 Å².